The summed E-state index contributed by atoms with van der Waals surface area (Å²) in [6, 6.07) is 10.5. The summed E-state index contributed by atoms with van der Waals surface area (Å²) in [5.74, 6) is -0.0102. The van der Waals surface area contributed by atoms with E-state index in [1.54, 1.807) is 30.3 Å². The summed E-state index contributed by atoms with van der Waals surface area (Å²) >= 11 is 0. The SMILES string of the molecule is COc1ccc(-c2[nH]c3ccc(C4CCN(C(=O)CS(C)(=O)=O)CC4)cc3c2CC(F)(F)F)cc1OC. The summed E-state index contributed by atoms with van der Waals surface area (Å²) in [6.45, 7) is 0.799. The highest BCUT2D eigenvalue weighted by Gasteiger charge is 2.32. The number of rotatable bonds is 7. The van der Waals surface area contributed by atoms with Crippen LogP contribution in [-0.4, -0.2) is 69.7 Å². The van der Waals surface area contributed by atoms with Crippen LogP contribution in [0.15, 0.2) is 36.4 Å². The van der Waals surface area contributed by atoms with Gasteiger partial charge in [-0.15, -0.1) is 0 Å². The van der Waals surface area contributed by atoms with Crippen LogP contribution in [-0.2, 0) is 21.1 Å². The molecular weight excluding hydrogens is 509 g/mol. The van der Waals surface area contributed by atoms with Crippen molar-refractivity contribution in [1.29, 1.82) is 0 Å². The van der Waals surface area contributed by atoms with E-state index in [9.17, 15) is 26.4 Å². The molecule has 11 heteroatoms. The molecule has 1 aromatic heterocycles. The molecule has 1 aliphatic heterocycles. The number of carbonyl (C=O) groups is 1. The van der Waals surface area contributed by atoms with Gasteiger partial charge in [0, 0.05) is 35.8 Å². The van der Waals surface area contributed by atoms with Crippen molar-refractivity contribution in [3.8, 4) is 22.8 Å². The molecular formula is C26H29F3N2O5S. The fraction of sp³-hybridized carbons (Fsp3) is 0.423. The maximum absolute atomic E-state index is 13.7. The van der Waals surface area contributed by atoms with Crippen LogP contribution in [0.25, 0.3) is 22.2 Å². The zero-order valence-corrected chi connectivity index (χ0v) is 21.6. The summed E-state index contributed by atoms with van der Waals surface area (Å²) < 4.78 is 74.5. The molecule has 1 amide bonds. The van der Waals surface area contributed by atoms with E-state index in [4.69, 9.17) is 9.47 Å². The van der Waals surface area contributed by atoms with Crippen LogP contribution in [0.5, 0.6) is 11.5 Å². The number of H-pyrrole nitrogens is 1. The van der Waals surface area contributed by atoms with Gasteiger partial charge in [-0.1, -0.05) is 6.07 Å². The van der Waals surface area contributed by atoms with E-state index in [2.05, 4.69) is 4.98 Å². The standard InChI is InChI=1S/C26H29F3N2O5S/c1-35-22-7-5-18(13-23(22)36-2)25-20(14-26(27,28)29)19-12-17(4-6-21(19)30-25)16-8-10-31(11-9-16)24(32)15-37(3,33)34/h4-7,12-13,16,30H,8-11,14-15H2,1-3H3. The van der Waals surface area contributed by atoms with Crippen molar-refractivity contribution < 1.29 is 35.9 Å². The lowest BCUT2D eigenvalue weighted by atomic mass is 9.88. The van der Waals surface area contributed by atoms with E-state index < -0.39 is 34.1 Å². The number of hydrogen-bond acceptors (Lipinski definition) is 5. The first-order valence-electron chi connectivity index (χ1n) is 11.8. The van der Waals surface area contributed by atoms with Crippen LogP contribution < -0.4 is 9.47 Å². The Bertz CT molecular complexity index is 1410. The first kappa shape index (κ1) is 26.8. The van der Waals surface area contributed by atoms with Gasteiger partial charge >= 0.3 is 6.18 Å². The molecule has 4 rings (SSSR count). The maximum Gasteiger partial charge on any atom is 0.393 e. The molecule has 1 N–H and O–H groups in total. The second-order valence-corrected chi connectivity index (χ2v) is 11.5. The van der Waals surface area contributed by atoms with Gasteiger partial charge in [-0.3, -0.25) is 4.79 Å². The van der Waals surface area contributed by atoms with E-state index in [0.29, 0.717) is 59.6 Å². The summed E-state index contributed by atoms with van der Waals surface area (Å²) in [7, 11) is -0.456. The summed E-state index contributed by atoms with van der Waals surface area (Å²) in [4.78, 5) is 16.9. The molecule has 0 aliphatic carbocycles. The van der Waals surface area contributed by atoms with Gasteiger partial charge in [-0.2, -0.15) is 13.2 Å². The van der Waals surface area contributed by atoms with Crippen LogP contribution >= 0.6 is 0 Å². The number of alkyl halides is 3. The topological polar surface area (TPSA) is 88.7 Å². The predicted molar refractivity (Wildman–Crippen MR) is 135 cm³/mol. The van der Waals surface area contributed by atoms with E-state index in [-0.39, 0.29) is 11.5 Å². The number of nitrogens with zero attached hydrogens (tertiary/aromatic N) is 1. The predicted octanol–water partition coefficient (Wildman–Crippen LogP) is 4.71. The average molecular weight is 539 g/mol. The Hall–Kier alpha value is -3.21. The number of fused-ring (bicyclic) bond motifs is 1. The number of amides is 1. The number of hydrogen-bond donors (Lipinski definition) is 1. The number of ether oxygens (including phenoxy) is 2. The molecule has 3 aromatic rings. The van der Waals surface area contributed by atoms with Crippen molar-refractivity contribution in [1.82, 2.24) is 9.88 Å². The highest BCUT2D eigenvalue weighted by molar-refractivity contribution is 7.91. The van der Waals surface area contributed by atoms with Gasteiger partial charge < -0.3 is 19.4 Å². The molecule has 7 nitrogen and oxygen atoms in total. The van der Waals surface area contributed by atoms with Gasteiger partial charge in [0.1, 0.15) is 5.75 Å². The third-order valence-corrected chi connectivity index (χ3v) is 7.46. The Balaban J connectivity index is 1.67. The summed E-state index contributed by atoms with van der Waals surface area (Å²) in [5.41, 5.74) is 2.55. The smallest absolute Gasteiger partial charge is 0.393 e. The number of halogens is 3. The van der Waals surface area contributed by atoms with Crippen molar-refractivity contribution in [3.63, 3.8) is 0 Å². The zero-order chi connectivity index (χ0) is 27.0. The van der Waals surface area contributed by atoms with Gasteiger partial charge in [0.05, 0.1) is 26.3 Å². The summed E-state index contributed by atoms with van der Waals surface area (Å²) in [6.07, 6.45) is -3.29. The second-order valence-electron chi connectivity index (χ2n) is 9.37. The average Bonchev–Trinajstić information content (AvgIpc) is 3.18. The Morgan fingerprint density at radius 3 is 2.32 bits per heavy atom. The number of aromatic nitrogens is 1. The van der Waals surface area contributed by atoms with E-state index in [1.165, 1.54) is 19.1 Å². The third-order valence-electron chi connectivity index (χ3n) is 6.68. The minimum atomic E-state index is -4.41. The maximum atomic E-state index is 13.7. The molecule has 1 saturated heterocycles. The lowest BCUT2D eigenvalue weighted by Gasteiger charge is -2.32. The van der Waals surface area contributed by atoms with Crippen molar-refractivity contribution in [2.45, 2.75) is 31.4 Å². The Labute approximate surface area is 213 Å². The van der Waals surface area contributed by atoms with Gasteiger partial charge in [-0.25, -0.2) is 8.42 Å². The van der Waals surface area contributed by atoms with Gasteiger partial charge in [0.15, 0.2) is 21.3 Å². The van der Waals surface area contributed by atoms with E-state index in [1.807, 2.05) is 6.07 Å². The molecule has 0 radical (unpaired) electrons. The van der Waals surface area contributed by atoms with Crippen molar-refractivity contribution in [3.05, 3.63) is 47.5 Å². The van der Waals surface area contributed by atoms with Crippen LogP contribution in [0, 0.1) is 0 Å². The molecule has 0 bridgehead atoms. The monoisotopic (exact) mass is 538 g/mol. The Kier molecular flexibility index (Phi) is 7.45. The number of likely N-dealkylation sites (tertiary alicyclic amines) is 1. The molecule has 0 spiro atoms. The highest BCUT2D eigenvalue weighted by Crippen LogP contribution is 2.40. The molecule has 2 aromatic carbocycles. The fourth-order valence-electron chi connectivity index (χ4n) is 4.92. The fourth-order valence-corrected chi connectivity index (χ4v) is 5.55. The lowest BCUT2D eigenvalue weighted by Crippen LogP contribution is -2.40. The molecule has 0 unspecified atom stereocenters. The largest absolute Gasteiger partial charge is 0.493 e. The van der Waals surface area contributed by atoms with Crippen LogP contribution in [0.2, 0.25) is 0 Å². The van der Waals surface area contributed by atoms with Gasteiger partial charge in [0.25, 0.3) is 0 Å². The number of carbonyl (C=O) groups excluding carboxylic acids is 1. The molecule has 1 aliphatic rings. The number of piperidine rings is 1. The Morgan fingerprint density at radius 1 is 1.05 bits per heavy atom. The van der Waals surface area contributed by atoms with Crippen molar-refractivity contribution in [2.24, 2.45) is 0 Å². The van der Waals surface area contributed by atoms with Crippen LogP contribution in [0.1, 0.15) is 29.9 Å². The van der Waals surface area contributed by atoms with Gasteiger partial charge in [-0.05, 0) is 60.2 Å². The summed E-state index contributed by atoms with van der Waals surface area (Å²) in [5, 5.41) is 0.496. The van der Waals surface area contributed by atoms with E-state index in [0.717, 1.165) is 11.8 Å². The molecule has 2 heterocycles. The first-order chi connectivity index (χ1) is 17.4. The number of sulfone groups is 1. The van der Waals surface area contributed by atoms with Crippen LogP contribution in [0.4, 0.5) is 13.2 Å². The van der Waals surface area contributed by atoms with Crippen molar-refractivity contribution in [2.75, 3.05) is 39.3 Å². The zero-order valence-electron chi connectivity index (χ0n) is 20.8. The normalized spacial score (nSPS) is 15.2. The number of methoxy groups -OCH3 is 2. The lowest BCUT2D eigenvalue weighted by molar-refractivity contribution is -0.129. The Morgan fingerprint density at radius 2 is 1.73 bits per heavy atom. The van der Waals surface area contributed by atoms with E-state index >= 15 is 0 Å². The number of nitrogens with one attached hydrogen (secondary N) is 1. The quantitative estimate of drug-likeness (QED) is 0.471. The number of benzene rings is 2. The second kappa shape index (κ2) is 10.3. The van der Waals surface area contributed by atoms with Crippen LogP contribution in [0.3, 0.4) is 0 Å². The molecule has 200 valence electrons. The minimum absolute atomic E-state index is 0.0462. The highest BCUT2D eigenvalue weighted by atomic mass is 32.2. The third kappa shape index (κ3) is 6.20. The first-order valence-corrected chi connectivity index (χ1v) is 13.8. The molecule has 0 atom stereocenters. The molecule has 37 heavy (non-hydrogen) atoms. The number of aromatic amines is 1. The van der Waals surface area contributed by atoms with Gasteiger partial charge in [0.2, 0.25) is 5.91 Å². The molecule has 1 fully saturated rings. The minimum Gasteiger partial charge on any atom is -0.493 e. The van der Waals surface area contributed by atoms with Crippen molar-refractivity contribution >= 4 is 26.6 Å². The molecule has 0 saturated carbocycles.